The molecule has 0 bridgehead atoms. The number of carbonyl (C=O) groups excluding carboxylic acids is 1. The summed E-state index contributed by atoms with van der Waals surface area (Å²) in [6.07, 6.45) is 8.14. The zero-order valence-corrected chi connectivity index (χ0v) is 17.8. The second-order valence-electron chi connectivity index (χ2n) is 8.85. The zero-order chi connectivity index (χ0) is 21.1. The summed E-state index contributed by atoms with van der Waals surface area (Å²) in [4.78, 5) is 27.8. The van der Waals surface area contributed by atoms with E-state index in [-0.39, 0.29) is 6.09 Å². The van der Waals surface area contributed by atoms with Gasteiger partial charge in [-0.05, 0) is 39.2 Å². The fraction of sp³-hybridized carbons (Fsp3) is 0.417. The molecule has 156 valence electrons. The smallest absolute Gasteiger partial charge is 0.410 e. The molecular weight excluding hydrogens is 376 g/mol. The maximum absolute atomic E-state index is 12.3. The van der Waals surface area contributed by atoms with Gasteiger partial charge in [0.15, 0.2) is 5.82 Å². The van der Waals surface area contributed by atoms with Crippen LogP contribution in [0, 0.1) is 5.92 Å². The monoisotopic (exact) mass is 404 g/mol. The Morgan fingerprint density at radius 1 is 1.03 bits per heavy atom. The second-order valence-corrected chi connectivity index (χ2v) is 8.85. The topological polar surface area (TPSA) is 67.7 Å². The Morgan fingerprint density at radius 2 is 1.70 bits per heavy atom. The fourth-order valence-electron chi connectivity index (χ4n) is 3.83. The van der Waals surface area contributed by atoms with Gasteiger partial charge in [0.05, 0.1) is 0 Å². The van der Waals surface area contributed by atoms with Crippen molar-refractivity contribution in [3.8, 4) is 11.4 Å². The molecule has 1 aromatic carbocycles. The number of amides is 1. The molecule has 0 N–H and O–H groups in total. The summed E-state index contributed by atoms with van der Waals surface area (Å²) in [7, 11) is 0. The number of benzene rings is 1. The summed E-state index contributed by atoms with van der Waals surface area (Å²) < 4.78 is 5.49. The number of aliphatic imine (C=N–C) groups is 1. The molecule has 0 spiro atoms. The van der Waals surface area contributed by atoms with Gasteiger partial charge in [0.1, 0.15) is 5.60 Å². The molecular formula is C24H28N4O2. The minimum atomic E-state index is -0.458. The number of rotatable bonds is 3. The van der Waals surface area contributed by atoms with Crippen LogP contribution in [0.3, 0.4) is 0 Å². The Hall–Kier alpha value is -3.02. The molecule has 30 heavy (non-hydrogen) atoms. The number of hydrogen-bond acceptors (Lipinski definition) is 5. The molecule has 2 aliphatic rings. The van der Waals surface area contributed by atoms with Crippen molar-refractivity contribution in [1.82, 2.24) is 14.9 Å². The number of nitrogens with zero attached hydrogens (tertiary/aromatic N) is 4. The molecule has 0 saturated carbocycles. The Kier molecular flexibility index (Phi) is 5.66. The number of hydrogen-bond donors (Lipinski definition) is 0. The Balaban J connectivity index is 1.31. The van der Waals surface area contributed by atoms with Crippen molar-refractivity contribution in [3.63, 3.8) is 0 Å². The van der Waals surface area contributed by atoms with Gasteiger partial charge < -0.3 is 9.64 Å². The maximum Gasteiger partial charge on any atom is 0.410 e. The van der Waals surface area contributed by atoms with Crippen LogP contribution in [0.15, 0.2) is 53.9 Å². The SMILES string of the molecule is CC(C)(C)OC(=O)N1CCC(C2=NC=C(c3cnc(-c4ccccc4)nc3)C2)CC1. The van der Waals surface area contributed by atoms with Crippen LogP contribution in [0.2, 0.25) is 0 Å². The number of likely N-dealkylation sites (tertiary alicyclic amines) is 1. The van der Waals surface area contributed by atoms with Crippen LogP contribution in [-0.4, -0.2) is 45.4 Å². The minimum Gasteiger partial charge on any atom is -0.444 e. The molecule has 1 fully saturated rings. The third kappa shape index (κ3) is 4.75. The molecule has 6 heteroatoms. The lowest BCUT2D eigenvalue weighted by molar-refractivity contribution is 0.0201. The molecule has 0 unspecified atom stereocenters. The number of allylic oxidation sites excluding steroid dienone is 1. The zero-order valence-electron chi connectivity index (χ0n) is 17.8. The maximum atomic E-state index is 12.3. The molecule has 0 aliphatic carbocycles. The second kappa shape index (κ2) is 8.38. The van der Waals surface area contributed by atoms with Crippen molar-refractivity contribution in [2.75, 3.05) is 13.1 Å². The van der Waals surface area contributed by atoms with Crippen molar-refractivity contribution in [3.05, 3.63) is 54.5 Å². The molecule has 6 nitrogen and oxygen atoms in total. The van der Waals surface area contributed by atoms with Crippen LogP contribution in [0.4, 0.5) is 4.79 Å². The highest BCUT2D eigenvalue weighted by Gasteiger charge is 2.30. The van der Waals surface area contributed by atoms with Crippen molar-refractivity contribution >= 4 is 17.4 Å². The lowest BCUT2D eigenvalue weighted by Gasteiger charge is -2.33. The first kappa shape index (κ1) is 20.3. The largest absolute Gasteiger partial charge is 0.444 e. The highest BCUT2D eigenvalue weighted by Crippen LogP contribution is 2.30. The summed E-state index contributed by atoms with van der Waals surface area (Å²) in [6.45, 7) is 7.11. The molecule has 3 heterocycles. The van der Waals surface area contributed by atoms with Crippen molar-refractivity contribution in [1.29, 1.82) is 0 Å². The lowest BCUT2D eigenvalue weighted by atomic mass is 9.89. The summed E-state index contributed by atoms with van der Waals surface area (Å²) in [5, 5.41) is 0. The van der Waals surface area contributed by atoms with E-state index in [2.05, 4.69) is 9.97 Å². The van der Waals surface area contributed by atoms with E-state index in [4.69, 9.17) is 9.73 Å². The molecule has 1 amide bonds. The lowest BCUT2D eigenvalue weighted by Crippen LogP contribution is -2.42. The average Bonchev–Trinajstić information content (AvgIpc) is 3.24. The van der Waals surface area contributed by atoms with Gasteiger partial charge in [-0.25, -0.2) is 14.8 Å². The van der Waals surface area contributed by atoms with Gasteiger partial charge in [-0.15, -0.1) is 0 Å². The predicted molar refractivity (Wildman–Crippen MR) is 118 cm³/mol. The highest BCUT2D eigenvalue weighted by atomic mass is 16.6. The molecule has 4 rings (SSSR count). The Morgan fingerprint density at radius 3 is 2.33 bits per heavy atom. The van der Waals surface area contributed by atoms with Crippen molar-refractivity contribution in [2.24, 2.45) is 10.9 Å². The summed E-state index contributed by atoms with van der Waals surface area (Å²) >= 11 is 0. The Bertz CT molecular complexity index is 951. The van der Waals surface area contributed by atoms with Crippen LogP contribution >= 0.6 is 0 Å². The quantitative estimate of drug-likeness (QED) is 0.724. The van der Waals surface area contributed by atoms with Gasteiger partial charge in [-0.2, -0.15) is 0 Å². The van der Waals surface area contributed by atoms with Gasteiger partial charge in [-0.1, -0.05) is 30.3 Å². The van der Waals surface area contributed by atoms with E-state index in [9.17, 15) is 4.79 Å². The van der Waals surface area contributed by atoms with Gasteiger partial charge in [0.2, 0.25) is 0 Å². The van der Waals surface area contributed by atoms with Crippen molar-refractivity contribution in [2.45, 2.75) is 45.6 Å². The molecule has 0 atom stereocenters. The molecule has 2 aromatic rings. The summed E-state index contributed by atoms with van der Waals surface area (Å²) in [5.74, 6) is 1.13. The van der Waals surface area contributed by atoms with Gasteiger partial charge in [-0.3, -0.25) is 4.99 Å². The predicted octanol–water partition coefficient (Wildman–Crippen LogP) is 4.98. The normalized spacial score (nSPS) is 17.5. The fourth-order valence-corrected chi connectivity index (χ4v) is 3.83. The van der Waals surface area contributed by atoms with E-state index in [1.807, 2.05) is 74.6 Å². The number of ether oxygens (including phenoxy) is 1. The van der Waals surface area contributed by atoms with E-state index >= 15 is 0 Å². The first-order valence-corrected chi connectivity index (χ1v) is 10.5. The highest BCUT2D eigenvalue weighted by molar-refractivity contribution is 5.99. The Labute approximate surface area is 177 Å². The number of aromatic nitrogens is 2. The number of carbonyl (C=O) groups is 1. The minimum absolute atomic E-state index is 0.219. The molecule has 1 saturated heterocycles. The van der Waals surface area contributed by atoms with Crippen LogP contribution in [0.25, 0.3) is 17.0 Å². The summed E-state index contributed by atoms with van der Waals surface area (Å²) in [6, 6.07) is 9.97. The molecule has 0 radical (unpaired) electrons. The molecule has 1 aromatic heterocycles. The van der Waals surface area contributed by atoms with E-state index in [1.54, 1.807) is 0 Å². The van der Waals surface area contributed by atoms with Gasteiger partial charge in [0.25, 0.3) is 0 Å². The van der Waals surface area contributed by atoms with Gasteiger partial charge >= 0.3 is 6.09 Å². The van der Waals surface area contributed by atoms with Crippen LogP contribution < -0.4 is 0 Å². The van der Waals surface area contributed by atoms with Gasteiger partial charge in [0, 0.05) is 60.9 Å². The van der Waals surface area contributed by atoms with Crippen molar-refractivity contribution < 1.29 is 9.53 Å². The van der Waals surface area contributed by atoms with Crippen LogP contribution in [-0.2, 0) is 4.74 Å². The first-order valence-electron chi connectivity index (χ1n) is 10.5. The van der Waals surface area contributed by atoms with Crippen LogP contribution in [0.5, 0.6) is 0 Å². The summed E-state index contributed by atoms with van der Waals surface area (Å²) in [5.41, 5.74) is 3.92. The van der Waals surface area contributed by atoms with E-state index in [0.29, 0.717) is 19.0 Å². The average molecular weight is 405 g/mol. The standard InChI is InChI=1S/C24H28N4O2/c1-24(2,3)30-23(29)28-11-9-17(10-12-28)21-13-19(14-25-21)20-15-26-22(27-16-20)18-7-5-4-6-8-18/h4-8,14-17H,9-13H2,1-3H3. The van der Waals surface area contributed by atoms with E-state index < -0.39 is 5.60 Å². The number of piperidine rings is 1. The van der Waals surface area contributed by atoms with E-state index in [1.165, 1.54) is 5.71 Å². The van der Waals surface area contributed by atoms with E-state index in [0.717, 1.165) is 41.8 Å². The van der Waals surface area contributed by atoms with Crippen LogP contribution in [0.1, 0.15) is 45.6 Å². The third-order valence-corrected chi connectivity index (χ3v) is 5.43. The third-order valence-electron chi connectivity index (χ3n) is 5.43. The first-order chi connectivity index (χ1) is 14.4. The molecule has 2 aliphatic heterocycles.